The lowest BCUT2D eigenvalue weighted by atomic mass is 10.1. The Balaban J connectivity index is 2.13. The highest BCUT2D eigenvalue weighted by molar-refractivity contribution is 7.99. The van der Waals surface area contributed by atoms with Crippen LogP contribution < -0.4 is 15.2 Å². The van der Waals surface area contributed by atoms with Gasteiger partial charge in [0.25, 0.3) is 11.8 Å². The molecule has 0 bridgehead atoms. The molecule has 0 spiro atoms. The zero-order valence-electron chi connectivity index (χ0n) is 11.8. The molecule has 6 nitrogen and oxygen atoms in total. The number of carbonyl (C=O) groups is 2. The molecule has 21 heavy (non-hydrogen) atoms. The molecule has 114 valence electrons. The fourth-order valence-corrected chi connectivity index (χ4v) is 2.92. The molecule has 1 fully saturated rings. The molecule has 1 aliphatic heterocycles. The molecule has 0 aromatic heterocycles. The standard InChI is InChI=1S/C14H18N2O4S/c1-19-12-8-10(2-3-11(12)20-9-13(15)17)14(18)16-4-6-21-7-5-16/h2-3,8H,4-7,9H2,1H3,(H2,15,17). The molecule has 0 saturated carbocycles. The number of hydrogen-bond acceptors (Lipinski definition) is 5. The van der Waals surface area contributed by atoms with Crippen LogP contribution in [0.3, 0.4) is 0 Å². The maximum atomic E-state index is 12.4. The largest absolute Gasteiger partial charge is 0.493 e. The SMILES string of the molecule is COc1cc(C(=O)N2CCSCC2)ccc1OCC(N)=O. The van der Waals surface area contributed by atoms with Gasteiger partial charge in [-0.1, -0.05) is 0 Å². The Kier molecular flexibility index (Phi) is 5.32. The van der Waals surface area contributed by atoms with E-state index in [0.717, 1.165) is 24.6 Å². The van der Waals surface area contributed by atoms with Crippen LogP contribution in [0.15, 0.2) is 18.2 Å². The van der Waals surface area contributed by atoms with Gasteiger partial charge in [0.05, 0.1) is 7.11 Å². The van der Waals surface area contributed by atoms with Crippen LogP contribution in [0, 0.1) is 0 Å². The highest BCUT2D eigenvalue weighted by Crippen LogP contribution is 2.28. The van der Waals surface area contributed by atoms with E-state index in [0.29, 0.717) is 17.1 Å². The van der Waals surface area contributed by atoms with Gasteiger partial charge in [-0.2, -0.15) is 11.8 Å². The number of nitrogens with two attached hydrogens (primary N) is 1. The number of rotatable bonds is 5. The van der Waals surface area contributed by atoms with E-state index in [1.54, 1.807) is 18.2 Å². The number of thioether (sulfide) groups is 1. The molecule has 0 aliphatic carbocycles. The van der Waals surface area contributed by atoms with Gasteiger partial charge in [0.1, 0.15) is 0 Å². The lowest BCUT2D eigenvalue weighted by molar-refractivity contribution is -0.119. The van der Waals surface area contributed by atoms with Crippen LogP contribution in [0.25, 0.3) is 0 Å². The van der Waals surface area contributed by atoms with Gasteiger partial charge in [-0.15, -0.1) is 0 Å². The van der Waals surface area contributed by atoms with E-state index in [2.05, 4.69) is 0 Å². The third kappa shape index (κ3) is 4.04. The number of carbonyl (C=O) groups excluding carboxylic acids is 2. The van der Waals surface area contributed by atoms with Crippen LogP contribution in [0.4, 0.5) is 0 Å². The van der Waals surface area contributed by atoms with Crippen LogP contribution in [-0.4, -0.2) is 55.0 Å². The first-order chi connectivity index (χ1) is 10.1. The minimum absolute atomic E-state index is 0.0185. The van der Waals surface area contributed by atoms with Crippen molar-refractivity contribution >= 4 is 23.6 Å². The number of benzene rings is 1. The number of hydrogen-bond donors (Lipinski definition) is 1. The molecule has 2 amide bonds. The third-order valence-corrected chi connectivity index (χ3v) is 4.02. The van der Waals surface area contributed by atoms with Gasteiger partial charge in [-0.3, -0.25) is 9.59 Å². The molecule has 1 heterocycles. The van der Waals surface area contributed by atoms with Crippen molar-refractivity contribution in [1.82, 2.24) is 4.90 Å². The fraction of sp³-hybridized carbons (Fsp3) is 0.429. The number of nitrogens with zero attached hydrogens (tertiary/aromatic N) is 1. The van der Waals surface area contributed by atoms with E-state index in [-0.39, 0.29) is 12.5 Å². The van der Waals surface area contributed by atoms with Gasteiger partial charge in [0.15, 0.2) is 18.1 Å². The topological polar surface area (TPSA) is 81.9 Å². The second-order valence-corrected chi connectivity index (χ2v) is 5.75. The number of ether oxygens (including phenoxy) is 2. The Bertz CT molecular complexity index is 530. The Morgan fingerprint density at radius 2 is 2.00 bits per heavy atom. The van der Waals surface area contributed by atoms with Gasteiger partial charge in [-0.05, 0) is 18.2 Å². The summed E-state index contributed by atoms with van der Waals surface area (Å²) in [6.45, 7) is 1.28. The first kappa shape index (κ1) is 15.5. The molecule has 2 N–H and O–H groups in total. The van der Waals surface area contributed by atoms with Crippen molar-refractivity contribution in [2.45, 2.75) is 0 Å². The maximum Gasteiger partial charge on any atom is 0.255 e. The van der Waals surface area contributed by atoms with Gasteiger partial charge in [0, 0.05) is 30.2 Å². The molecular weight excluding hydrogens is 292 g/mol. The van der Waals surface area contributed by atoms with Gasteiger partial charge < -0.3 is 20.1 Å². The number of amides is 2. The Morgan fingerprint density at radius 3 is 2.62 bits per heavy atom. The fourth-order valence-electron chi connectivity index (χ4n) is 2.02. The van der Waals surface area contributed by atoms with Crippen LogP contribution >= 0.6 is 11.8 Å². The Labute approximate surface area is 127 Å². The maximum absolute atomic E-state index is 12.4. The van der Waals surface area contributed by atoms with Crippen molar-refractivity contribution < 1.29 is 19.1 Å². The first-order valence-electron chi connectivity index (χ1n) is 6.58. The average Bonchev–Trinajstić information content (AvgIpc) is 2.52. The Hall–Kier alpha value is -1.89. The van der Waals surface area contributed by atoms with Crippen molar-refractivity contribution in [3.8, 4) is 11.5 Å². The van der Waals surface area contributed by atoms with Crippen LogP contribution in [0.1, 0.15) is 10.4 Å². The van der Waals surface area contributed by atoms with Crippen molar-refractivity contribution in [3.63, 3.8) is 0 Å². The molecule has 2 rings (SSSR count). The van der Waals surface area contributed by atoms with Gasteiger partial charge in [-0.25, -0.2) is 0 Å². The summed E-state index contributed by atoms with van der Waals surface area (Å²) >= 11 is 1.85. The van der Waals surface area contributed by atoms with E-state index >= 15 is 0 Å². The monoisotopic (exact) mass is 310 g/mol. The van der Waals surface area contributed by atoms with Crippen LogP contribution in [-0.2, 0) is 4.79 Å². The predicted molar refractivity (Wildman–Crippen MR) is 80.9 cm³/mol. The molecule has 0 atom stereocenters. The molecule has 0 radical (unpaired) electrons. The Morgan fingerprint density at radius 1 is 1.29 bits per heavy atom. The molecule has 7 heteroatoms. The predicted octanol–water partition coefficient (Wildman–Crippen LogP) is 0.748. The number of methoxy groups -OCH3 is 1. The summed E-state index contributed by atoms with van der Waals surface area (Å²) in [7, 11) is 1.48. The van der Waals surface area contributed by atoms with Crippen LogP contribution in [0.2, 0.25) is 0 Å². The molecule has 1 aliphatic rings. The van der Waals surface area contributed by atoms with E-state index in [4.69, 9.17) is 15.2 Å². The van der Waals surface area contributed by atoms with Crippen molar-refractivity contribution in [1.29, 1.82) is 0 Å². The van der Waals surface area contributed by atoms with E-state index in [9.17, 15) is 9.59 Å². The molecular formula is C14H18N2O4S. The summed E-state index contributed by atoms with van der Waals surface area (Å²) in [5, 5.41) is 0. The normalized spacial score (nSPS) is 14.6. The summed E-state index contributed by atoms with van der Waals surface area (Å²) in [5.74, 6) is 2.14. The van der Waals surface area contributed by atoms with E-state index in [1.807, 2.05) is 16.7 Å². The second kappa shape index (κ2) is 7.21. The summed E-state index contributed by atoms with van der Waals surface area (Å²) in [4.78, 5) is 25.0. The summed E-state index contributed by atoms with van der Waals surface area (Å²) in [6, 6.07) is 4.91. The minimum Gasteiger partial charge on any atom is -0.493 e. The van der Waals surface area contributed by atoms with Crippen molar-refractivity contribution in [2.75, 3.05) is 38.3 Å². The average molecular weight is 310 g/mol. The number of primary amides is 1. The second-order valence-electron chi connectivity index (χ2n) is 4.53. The first-order valence-corrected chi connectivity index (χ1v) is 7.73. The molecule has 1 aromatic rings. The summed E-state index contributed by atoms with van der Waals surface area (Å²) in [6.07, 6.45) is 0. The van der Waals surface area contributed by atoms with Gasteiger partial charge in [0.2, 0.25) is 0 Å². The minimum atomic E-state index is -0.567. The zero-order chi connectivity index (χ0) is 15.2. The van der Waals surface area contributed by atoms with Crippen molar-refractivity contribution in [2.24, 2.45) is 5.73 Å². The highest BCUT2D eigenvalue weighted by atomic mass is 32.2. The molecule has 0 unspecified atom stereocenters. The lowest BCUT2D eigenvalue weighted by Gasteiger charge is -2.26. The van der Waals surface area contributed by atoms with E-state index in [1.165, 1.54) is 7.11 Å². The molecule has 1 aromatic carbocycles. The highest BCUT2D eigenvalue weighted by Gasteiger charge is 2.20. The molecule has 1 saturated heterocycles. The van der Waals surface area contributed by atoms with E-state index < -0.39 is 5.91 Å². The zero-order valence-corrected chi connectivity index (χ0v) is 12.6. The lowest BCUT2D eigenvalue weighted by Crippen LogP contribution is -2.37. The summed E-state index contributed by atoms with van der Waals surface area (Å²) < 4.78 is 10.4. The third-order valence-electron chi connectivity index (χ3n) is 3.08. The smallest absolute Gasteiger partial charge is 0.255 e. The quantitative estimate of drug-likeness (QED) is 0.868. The summed E-state index contributed by atoms with van der Waals surface area (Å²) in [5.41, 5.74) is 5.59. The van der Waals surface area contributed by atoms with Crippen molar-refractivity contribution in [3.05, 3.63) is 23.8 Å². The van der Waals surface area contributed by atoms with Gasteiger partial charge >= 0.3 is 0 Å². The van der Waals surface area contributed by atoms with Crippen LogP contribution in [0.5, 0.6) is 11.5 Å².